The summed E-state index contributed by atoms with van der Waals surface area (Å²) in [6.45, 7) is 3.95. The minimum atomic E-state index is -0.268. The molecule has 3 aromatic carbocycles. The third-order valence-corrected chi connectivity index (χ3v) is 6.84. The summed E-state index contributed by atoms with van der Waals surface area (Å²) in [4.78, 5) is 24.7. The first-order chi connectivity index (χ1) is 17.7. The summed E-state index contributed by atoms with van der Waals surface area (Å²) in [5, 5.41) is 5.93. The number of H-pyrrole nitrogens is 2. The van der Waals surface area contributed by atoms with Gasteiger partial charge in [0.15, 0.2) is 0 Å². The molecule has 0 fully saturated rings. The molecule has 0 bridgehead atoms. The lowest BCUT2D eigenvalue weighted by atomic mass is 10.1. The van der Waals surface area contributed by atoms with Crippen LogP contribution in [0, 0.1) is 13.8 Å². The number of hydrogen-bond donors (Lipinski definition) is 4. The van der Waals surface area contributed by atoms with Crippen LogP contribution in [0.25, 0.3) is 27.6 Å². The van der Waals surface area contributed by atoms with Crippen molar-refractivity contribution in [3.05, 3.63) is 99.6 Å². The Balaban J connectivity index is 0.000000301. The minimum absolute atomic E-state index is 0.250. The first-order valence-corrected chi connectivity index (χ1v) is 12.5. The molecule has 0 unspecified atom stereocenters. The summed E-state index contributed by atoms with van der Waals surface area (Å²) in [5.41, 5.74) is 11.4. The number of fused-ring (bicyclic) bond motifs is 2. The third-order valence-electron chi connectivity index (χ3n) is 5.82. The first-order valence-electron chi connectivity index (χ1n) is 11.3. The number of nitrogen functional groups attached to an aromatic ring is 1. The van der Waals surface area contributed by atoms with Crippen LogP contribution < -0.4 is 5.73 Å². The molecule has 7 nitrogen and oxygen atoms in total. The van der Waals surface area contributed by atoms with E-state index in [2.05, 4.69) is 39.6 Å². The van der Waals surface area contributed by atoms with Crippen molar-refractivity contribution in [2.24, 2.45) is 0 Å². The zero-order valence-corrected chi connectivity index (χ0v) is 22.3. The van der Waals surface area contributed by atoms with Crippen molar-refractivity contribution in [2.45, 2.75) is 18.7 Å². The van der Waals surface area contributed by atoms with E-state index < -0.39 is 0 Å². The van der Waals surface area contributed by atoms with E-state index in [0.717, 1.165) is 32.8 Å². The molecule has 0 aliphatic heterocycles. The molecule has 10 heteroatoms. The van der Waals surface area contributed by atoms with Gasteiger partial charge in [0.25, 0.3) is 0 Å². The van der Waals surface area contributed by atoms with Gasteiger partial charge in [-0.05, 0) is 62.4 Å². The van der Waals surface area contributed by atoms with Crippen molar-refractivity contribution in [3.63, 3.8) is 0 Å². The van der Waals surface area contributed by atoms with Gasteiger partial charge in [0.2, 0.25) is 5.78 Å². The smallest absolute Gasteiger partial charge is 0.214 e. The number of imidazole rings is 1. The standard InChI is InChI=1S/C20H14Cl2N6O.C7H8S/c1-9-25-15-3-2-11(6-17(15)26-9)28-20(23)12(8-24-28)19(29)18-5-10-4-13(21)14(22)7-16(10)27-18;1-6-2-4-7(8)5-3-6/h2-8,27H,23H2,1H3,(H,25,26);2-5,8H,1H3. The van der Waals surface area contributed by atoms with Gasteiger partial charge in [-0.15, -0.1) is 12.6 Å². The number of hydrogen-bond acceptors (Lipinski definition) is 5. The SMILES string of the molecule is Cc1ccc(S)cc1.Cc1nc2ccc(-n3ncc(C(=O)c4cc5cc(Cl)c(Cl)cc5[nH]4)c3N)cc2[nH]1. The topological polar surface area (TPSA) is 105 Å². The van der Waals surface area contributed by atoms with E-state index in [1.807, 2.05) is 49.4 Å². The molecular formula is C27H22Cl2N6OS. The van der Waals surface area contributed by atoms with Crippen molar-refractivity contribution < 1.29 is 4.79 Å². The number of aromatic nitrogens is 5. The Bertz CT molecular complexity index is 1710. The summed E-state index contributed by atoms with van der Waals surface area (Å²) >= 11 is 16.2. The number of nitrogens with one attached hydrogen (secondary N) is 2. The van der Waals surface area contributed by atoms with Crippen molar-refractivity contribution in [1.82, 2.24) is 24.7 Å². The Labute approximate surface area is 228 Å². The molecule has 0 amide bonds. The number of halogens is 2. The molecule has 6 aromatic rings. The Kier molecular flexibility index (Phi) is 6.72. The summed E-state index contributed by atoms with van der Waals surface area (Å²) in [7, 11) is 0. The van der Waals surface area contributed by atoms with Gasteiger partial charge in [-0.2, -0.15) is 5.10 Å². The molecule has 37 heavy (non-hydrogen) atoms. The van der Waals surface area contributed by atoms with Crippen molar-refractivity contribution in [1.29, 1.82) is 0 Å². The molecular weight excluding hydrogens is 527 g/mol. The van der Waals surface area contributed by atoms with Gasteiger partial charge in [0, 0.05) is 15.8 Å². The number of aryl methyl sites for hydroxylation is 2. The highest BCUT2D eigenvalue weighted by molar-refractivity contribution is 7.80. The molecule has 6 rings (SSSR count). The molecule has 186 valence electrons. The summed E-state index contributed by atoms with van der Waals surface area (Å²) in [6.07, 6.45) is 1.46. The van der Waals surface area contributed by atoms with E-state index in [1.165, 1.54) is 16.4 Å². The van der Waals surface area contributed by atoms with Crippen LogP contribution in [0.3, 0.4) is 0 Å². The fraction of sp³-hybridized carbons (Fsp3) is 0.0741. The summed E-state index contributed by atoms with van der Waals surface area (Å²) < 4.78 is 1.53. The van der Waals surface area contributed by atoms with Crippen molar-refractivity contribution in [2.75, 3.05) is 5.73 Å². The van der Waals surface area contributed by atoms with Crippen LogP contribution in [-0.2, 0) is 0 Å². The second-order valence-corrected chi connectivity index (χ2v) is 9.91. The lowest BCUT2D eigenvalue weighted by Crippen LogP contribution is -2.07. The molecule has 0 spiro atoms. The number of ketones is 1. The zero-order chi connectivity index (χ0) is 26.3. The predicted octanol–water partition coefficient (Wildman–Crippen LogP) is 6.94. The molecule has 0 atom stereocenters. The number of carbonyl (C=O) groups excluding carboxylic acids is 1. The molecule has 0 saturated carbocycles. The third kappa shape index (κ3) is 5.09. The van der Waals surface area contributed by atoms with Crippen LogP contribution in [0.1, 0.15) is 27.4 Å². The van der Waals surface area contributed by atoms with E-state index in [1.54, 1.807) is 18.2 Å². The molecule has 3 heterocycles. The first kappa shape index (κ1) is 25.0. The summed E-state index contributed by atoms with van der Waals surface area (Å²) in [5.74, 6) is 0.802. The maximum absolute atomic E-state index is 13.0. The van der Waals surface area contributed by atoms with E-state index in [-0.39, 0.29) is 11.6 Å². The largest absolute Gasteiger partial charge is 0.383 e. The van der Waals surface area contributed by atoms with Crippen molar-refractivity contribution >= 4 is 69.4 Å². The average molecular weight is 549 g/mol. The minimum Gasteiger partial charge on any atom is -0.383 e. The highest BCUT2D eigenvalue weighted by Gasteiger charge is 2.20. The van der Waals surface area contributed by atoms with Crippen LogP contribution in [0.15, 0.2) is 71.8 Å². The normalized spacial score (nSPS) is 11.1. The quantitative estimate of drug-likeness (QED) is 0.142. The second-order valence-electron chi connectivity index (χ2n) is 8.58. The molecule has 0 radical (unpaired) electrons. The number of thiol groups is 1. The van der Waals surface area contributed by atoms with Crippen molar-refractivity contribution in [3.8, 4) is 5.69 Å². The number of aromatic amines is 2. The molecule has 0 aliphatic carbocycles. The van der Waals surface area contributed by atoms with Crippen LogP contribution in [0.4, 0.5) is 5.82 Å². The molecule has 3 aromatic heterocycles. The monoisotopic (exact) mass is 548 g/mol. The van der Waals surface area contributed by atoms with Gasteiger partial charge in [-0.1, -0.05) is 40.9 Å². The van der Waals surface area contributed by atoms with Crippen LogP contribution in [0.2, 0.25) is 10.0 Å². The summed E-state index contributed by atoms with van der Waals surface area (Å²) in [6, 6.07) is 18.8. The van der Waals surface area contributed by atoms with E-state index in [9.17, 15) is 4.79 Å². The lowest BCUT2D eigenvalue weighted by molar-refractivity contribution is 0.103. The van der Waals surface area contributed by atoms with Gasteiger partial charge in [0.1, 0.15) is 11.6 Å². The van der Waals surface area contributed by atoms with E-state index >= 15 is 0 Å². The van der Waals surface area contributed by atoms with E-state index in [0.29, 0.717) is 26.8 Å². The fourth-order valence-corrected chi connectivity index (χ4v) is 4.42. The number of benzene rings is 3. The number of anilines is 1. The Hall–Kier alpha value is -3.72. The van der Waals surface area contributed by atoms with Crippen LogP contribution in [0.5, 0.6) is 0 Å². The molecule has 0 aliphatic rings. The number of carbonyl (C=O) groups is 1. The highest BCUT2D eigenvalue weighted by Crippen LogP contribution is 2.29. The average Bonchev–Trinajstić information content (AvgIpc) is 3.56. The Morgan fingerprint density at radius 1 is 0.946 bits per heavy atom. The lowest BCUT2D eigenvalue weighted by Gasteiger charge is -2.05. The van der Waals surface area contributed by atoms with Crippen LogP contribution in [-0.4, -0.2) is 30.5 Å². The van der Waals surface area contributed by atoms with Gasteiger partial charge < -0.3 is 15.7 Å². The maximum atomic E-state index is 13.0. The highest BCUT2D eigenvalue weighted by atomic mass is 35.5. The maximum Gasteiger partial charge on any atom is 0.214 e. The van der Waals surface area contributed by atoms with Gasteiger partial charge in [-0.3, -0.25) is 4.79 Å². The van der Waals surface area contributed by atoms with E-state index in [4.69, 9.17) is 28.9 Å². The molecule has 0 saturated heterocycles. The molecule has 4 N–H and O–H groups in total. The second kappa shape index (κ2) is 9.97. The van der Waals surface area contributed by atoms with Crippen LogP contribution >= 0.6 is 35.8 Å². The predicted molar refractivity (Wildman–Crippen MR) is 153 cm³/mol. The zero-order valence-electron chi connectivity index (χ0n) is 19.9. The number of rotatable bonds is 3. The van der Waals surface area contributed by atoms with Gasteiger partial charge in [-0.25, -0.2) is 9.67 Å². The Morgan fingerprint density at radius 2 is 1.68 bits per heavy atom. The fourth-order valence-electron chi connectivity index (χ4n) is 3.93. The van der Waals surface area contributed by atoms with Gasteiger partial charge in [0.05, 0.1) is 44.2 Å². The Morgan fingerprint density at radius 3 is 2.41 bits per heavy atom. The number of nitrogens with two attached hydrogens (primary N) is 1. The number of nitrogens with zero attached hydrogens (tertiary/aromatic N) is 3. The van der Waals surface area contributed by atoms with Gasteiger partial charge >= 0.3 is 0 Å².